The Bertz CT molecular complexity index is 506. The van der Waals surface area contributed by atoms with Crippen LogP contribution in [0.4, 0.5) is 0 Å². The SMILES string of the molecule is C[C@H]1CC[C@@H](C(N)=O)CN1C(=O)c1cncc(Br)c1. The number of likely N-dealkylation sites (tertiary alicyclic amines) is 1. The molecule has 1 aromatic heterocycles. The van der Waals surface area contributed by atoms with Crippen LogP contribution in [0.5, 0.6) is 0 Å². The van der Waals surface area contributed by atoms with E-state index in [9.17, 15) is 9.59 Å². The second kappa shape index (κ2) is 5.69. The van der Waals surface area contributed by atoms with E-state index in [0.717, 1.165) is 17.3 Å². The molecule has 1 aliphatic heterocycles. The van der Waals surface area contributed by atoms with Crippen molar-refractivity contribution in [3.8, 4) is 0 Å². The van der Waals surface area contributed by atoms with Crippen molar-refractivity contribution in [1.29, 1.82) is 0 Å². The molecule has 19 heavy (non-hydrogen) atoms. The van der Waals surface area contributed by atoms with E-state index in [1.807, 2.05) is 6.92 Å². The van der Waals surface area contributed by atoms with Gasteiger partial charge in [0.15, 0.2) is 0 Å². The monoisotopic (exact) mass is 325 g/mol. The minimum atomic E-state index is -0.336. The molecule has 2 rings (SSSR count). The number of pyridine rings is 1. The van der Waals surface area contributed by atoms with Crippen molar-refractivity contribution < 1.29 is 9.59 Å². The van der Waals surface area contributed by atoms with Crippen molar-refractivity contribution >= 4 is 27.7 Å². The van der Waals surface area contributed by atoms with Crippen LogP contribution in [0.3, 0.4) is 0 Å². The highest BCUT2D eigenvalue weighted by atomic mass is 79.9. The largest absolute Gasteiger partial charge is 0.369 e. The molecule has 1 aliphatic rings. The molecule has 6 heteroatoms. The molecular weight excluding hydrogens is 310 g/mol. The number of carbonyl (C=O) groups is 2. The summed E-state index contributed by atoms with van der Waals surface area (Å²) in [6.45, 7) is 2.38. The summed E-state index contributed by atoms with van der Waals surface area (Å²) in [6.07, 6.45) is 4.70. The zero-order valence-corrected chi connectivity index (χ0v) is 12.3. The fraction of sp³-hybridized carbons (Fsp3) is 0.462. The van der Waals surface area contributed by atoms with Gasteiger partial charge in [-0.25, -0.2) is 0 Å². The number of halogens is 1. The summed E-state index contributed by atoms with van der Waals surface area (Å²) >= 11 is 3.30. The van der Waals surface area contributed by atoms with Gasteiger partial charge in [-0.2, -0.15) is 0 Å². The molecule has 0 aromatic carbocycles. The molecular formula is C13H16BrN3O2. The first-order chi connectivity index (χ1) is 8.99. The maximum absolute atomic E-state index is 12.4. The first-order valence-electron chi connectivity index (χ1n) is 6.20. The first kappa shape index (κ1) is 14.0. The molecule has 0 bridgehead atoms. The van der Waals surface area contributed by atoms with Gasteiger partial charge in [0.25, 0.3) is 5.91 Å². The van der Waals surface area contributed by atoms with E-state index in [1.165, 1.54) is 6.20 Å². The average molecular weight is 326 g/mol. The zero-order chi connectivity index (χ0) is 14.0. The smallest absolute Gasteiger partial charge is 0.255 e. The predicted octanol–water partition coefficient (Wildman–Crippen LogP) is 1.57. The van der Waals surface area contributed by atoms with Crippen molar-refractivity contribution in [1.82, 2.24) is 9.88 Å². The fourth-order valence-electron chi connectivity index (χ4n) is 2.32. The number of carbonyl (C=O) groups excluding carboxylic acids is 2. The Morgan fingerprint density at radius 3 is 2.79 bits per heavy atom. The second-order valence-corrected chi connectivity index (χ2v) is 5.79. The molecule has 1 saturated heterocycles. The van der Waals surface area contributed by atoms with Gasteiger partial charge in [-0.15, -0.1) is 0 Å². The van der Waals surface area contributed by atoms with Gasteiger partial charge < -0.3 is 10.6 Å². The summed E-state index contributed by atoms with van der Waals surface area (Å²) in [5.41, 5.74) is 5.86. The number of amides is 2. The molecule has 0 spiro atoms. The van der Waals surface area contributed by atoms with Crippen molar-refractivity contribution in [3.05, 3.63) is 28.5 Å². The first-order valence-corrected chi connectivity index (χ1v) is 6.99. The normalized spacial score (nSPS) is 23.2. The second-order valence-electron chi connectivity index (χ2n) is 4.88. The summed E-state index contributed by atoms with van der Waals surface area (Å²) in [5, 5.41) is 0. The lowest BCUT2D eigenvalue weighted by Gasteiger charge is -2.36. The van der Waals surface area contributed by atoms with Crippen LogP contribution in [-0.2, 0) is 4.79 Å². The molecule has 2 amide bonds. The summed E-state index contributed by atoms with van der Waals surface area (Å²) in [6, 6.07) is 1.85. The van der Waals surface area contributed by atoms with E-state index in [2.05, 4.69) is 20.9 Å². The fourth-order valence-corrected chi connectivity index (χ4v) is 2.68. The van der Waals surface area contributed by atoms with Crippen LogP contribution in [0.15, 0.2) is 22.9 Å². The Labute approximate surface area is 120 Å². The van der Waals surface area contributed by atoms with Crippen LogP contribution >= 0.6 is 15.9 Å². The number of primary amides is 1. The molecule has 2 atom stereocenters. The van der Waals surface area contributed by atoms with Gasteiger partial charge in [-0.1, -0.05) is 0 Å². The number of piperidine rings is 1. The van der Waals surface area contributed by atoms with Crippen LogP contribution in [-0.4, -0.2) is 34.3 Å². The third-order valence-electron chi connectivity index (χ3n) is 3.50. The van der Waals surface area contributed by atoms with E-state index < -0.39 is 0 Å². The summed E-state index contributed by atoms with van der Waals surface area (Å²) in [7, 11) is 0. The van der Waals surface area contributed by atoms with Crippen molar-refractivity contribution in [2.75, 3.05) is 6.54 Å². The molecule has 1 fully saturated rings. The standard InChI is InChI=1S/C13H16BrN3O2/c1-8-2-3-9(12(15)18)7-17(8)13(19)10-4-11(14)6-16-5-10/h4-6,8-9H,2-3,7H2,1H3,(H2,15,18)/t8-,9+/m0/s1. The highest BCUT2D eigenvalue weighted by Crippen LogP contribution is 2.24. The number of hydrogen-bond donors (Lipinski definition) is 1. The third-order valence-corrected chi connectivity index (χ3v) is 3.93. The van der Waals surface area contributed by atoms with Gasteiger partial charge in [-0.05, 0) is 41.8 Å². The van der Waals surface area contributed by atoms with Gasteiger partial charge in [0.2, 0.25) is 5.91 Å². The van der Waals surface area contributed by atoms with Crippen LogP contribution in [0, 0.1) is 5.92 Å². The predicted molar refractivity (Wildman–Crippen MR) is 74.4 cm³/mol. The highest BCUT2D eigenvalue weighted by molar-refractivity contribution is 9.10. The third kappa shape index (κ3) is 3.12. The molecule has 1 aromatic rings. The van der Waals surface area contributed by atoms with Gasteiger partial charge in [0, 0.05) is 29.5 Å². The summed E-state index contributed by atoms with van der Waals surface area (Å²) in [5.74, 6) is -0.690. The lowest BCUT2D eigenvalue weighted by Crippen LogP contribution is -2.48. The Balaban J connectivity index is 2.19. The Morgan fingerprint density at radius 2 is 2.16 bits per heavy atom. The average Bonchev–Trinajstić information content (AvgIpc) is 2.38. The van der Waals surface area contributed by atoms with Gasteiger partial charge in [0.1, 0.15) is 0 Å². The number of hydrogen-bond acceptors (Lipinski definition) is 3. The van der Waals surface area contributed by atoms with Crippen LogP contribution < -0.4 is 5.73 Å². The molecule has 2 N–H and O–H groups in total. The number of nitrogens with two attached hydrogens (primary N) is 1. The number of nitrogens with zero attached hydrogens (tertiary/aromatic N) is 2. The Morgan fingerprint density at radius 1 is 1.42 bits per heavy atom. The molecule has 0 radical (unpaired) electrons. The van der Waals surface area contributed by atoms with Gasteiger partial charge >= 0.3 is 0 Å². The van der Waals surface area contributed by atoms with E-state index >= 15 is 0 Å². The lowest BCUT2D eigenvalue weighted by molar-refractivity contribution is -0.123. The Kier molecular flexibility index (Phi) is 4.19. The molecule has 0 unspecified atom stereocenters. The van der Waals surface area contributed by atoms with Crippen molar-refractivity contribution in [2.45, 2.75) is 25.8 Å². The van der Waals surface area contributed by atoms with Gasteiger partial charge in [-0.3, -0.25) is 14.6 Å². The van der Waals surface area contributed by atoms with Crippen LogP contribution in [0.1, 0.15) is 30.1 Å². The van der Waals surface area contributed by atoms with Crippen molar-refractivity contribution in [3.63, 3.8) is 0 Å². The molecule has 0 aliphatic carbocycles. The van der Waals surface area contributed by atoms with Crippen molar-refractivity contribution in [2.24, 2.45) is 11.7 Å². The van der Waals surface area contributed by atoms with E-state index in [0.29, 0.717) is 12.1 Å². The van der Waals surface area contributed by atoms with Gasteiger partial charge in [0.05, 0.1) is 11.5 Å². The molecule has 0 saturated carbocycles. The van der Waals surface area contributed by atoms with E-state index in [4.69, 9.17) is 5.73 Å². The summed E-state index contributed by atoms with van der Waals surface area (Å²) < 4.78 is 0.759. The number of rotatable bonds is 2. The highest BCUT2D eigenvalue weighted by Gasteiger charge is 2.32. The van der Waals surface area contributed by atoms with Crippen LogP contribution in [0.2, 0.25) is 0 Å². The van der Waals surface area contributed by atoms with Crippen LogP contribution in [0.25, 0.3) is 0 Å². The van der Waals surface area contributed by atoms with E-state index in [1.54, 1.807) is 17.2 Å². The molecule has 5 nitrogen and oxygen atoms in total. The maximum atomic E-state index is 12.4. The lowest BCUT2D eigenvalue weighted by atomic mass is 9.92. The van der Waals surface area contributed by atoms with E-state index in [-0.39, 0.29) is 23.8 Å². The number of aromatic nitrogens is 1. The summed E-state index contributed by atoms with van der Waals surface area (Å²) in [4.78, 5) is 29.4. The zero-order valence-electron chi connectivity index (χ0n) is 10.7. The Hall–Kier alpha value is -1.43. The molecule has 102 valence electrons. The molecule has 2 heterocycles. The minimum absolute atomic E-state index is 0.104. The maximum Gasteiger partial charge on any atom is 0.255 e. The topological polar surface area (TPSA) is 76.3 Å². The minimum Gasteiger partial charge on any atom is -0.369 e. The quantitative estimate of drug-likeness (QED) is 0.896.